The van der Waals surface area contributed by atoms with Gasteiger partial charge in [-0.1, -0.05) is 0 Å². The van der Waals surface area contributed by atoms with E-state index < -0.39 is 21.4 Å². The second-order valence-electron chi connectivity index (χ2n) is 6.70. The van der Waals surface area contributed by atoms with Gasteiger partial charge in [-0.2, -0.15) is 0 Å². The van der Waals surface area contributed by atoms with Crippen LogP contribution in [-0.4, -0.2) is 13.2 Å². The van der Waals surface area contributed by atoms with E-state index in [1.807, 2.05) is 0 Å². The topological polar surface area (TPSA) is 18.5 Å². The van der Waals surface area contributed by atoms with Gasteiger partial charge in [0.05, 0.1) is 0 Å². The van der Waals surface area contributed by atoms with Gasteiger partial charge in [0.15, 0.2) is 0 Å². The molecule has 0 aromatic heterocycles. The first-order valence-electron chi connectivity index (χ1n) is 9.13. The van der Waals surface area contributed by atoms with Crippen molar-refractivity contribution in [3.8, 4) is 0 Å². The Hall–Kier alpha value is -0.987. The maximum absolute atomic E-state index is 6.37. The molecule has 0 heterocycles. The van der Waals surface area contributed by atoms with Crippen LogP contribution in [0.4, 0.5) is 0 Å². The molecule has 0 amide bonds. The first-order chi connectivity index (χ1) is 12.8. The average molecular weight is 445 g/mol. The molecule has 0 fully saturated rings. The summed E-state index contributed by atoms with van der Waals surface area (Å²) < 4.78 is 11.7. The molecule has 2 aliphatic rings. The summed E-state index contributed by atoms with van der Waals surface area (Å²) in [5, 5.41) is 0. The van der Waals surface area contributed by atoms with E-state index in [9.17, 15) is 0 Å². The molecule has 0 saturated carbocycles. The number of hydrogen-bond donors (Lipinski definition) is 0. The Balaban J connectivity index is 1.16. The Labute approximate surface area is 167 Å². The van der Waals surface area contributed by atoms with Crippen LogP contribution < -0.4 is 0 Å². The van der Waals surface area contributed by atoms with Gasteiger partial charge in [-0.3, -0.25) is 0 Å². The van der Waals surface area contributed by atoms with Gasteiger partial charge in [-0.05, 0) is 0 Å². The fourth-order valence-electron chi connectivity index (χ4n) is 3.73. The molecule has 4 rings (SSSR count). The number of allylic oxidation sites excluding steroid dienone is 2. The van der Waals surface area contributed by atoms with Crippen molar-refractivity contribution in [3.63, 3.8) is 0 Å². The van der Waals surface area contributed by atoms with E-state index in [0.29, 0.717) is 25.0 Å². The Bertz CT molecular complexity index is 750. The van der Waals surface area contributed by atoms with Crippen LogP contribution in [0.3, 0.4) is 0 Å². The molecule has 2 atom stereocenters. The van der Waals surface area contributed by atoms with E-state index in [1.54, 1.807) is 0 Å². The summed E-state index contributed by atoms with van der Waals surface area (Å²) >= 11 is -2.65. The molecule has 0 radical (unpaired) electrons. The summed E-state index contributed by atoms with van der Waals surface area (Å²) in [6.45, 7) is 1.35. The Kier molecular flexibility index (Phi) is 6.22. The van der Waals surface area contributed by atoms with Gasteiger partial charge >= 0.3 is 169 Å². The van der Waals surface area contributed by atoms with Crippen molar-refractivity contribution in [1.29, 1.82) is 0 Å². The number of benzene rings is 2. The molecule has 0 bridgehead atoms. The van der Waals surface area contributed by atoms with E-state index in [0.717, 1.165) is 12.8 Å². The summed E-state index contributed by atoms with van der Waals surface area (Å²) in [5.74, 6) is 0.887. The molecule has 26 heavy (non-hydrogen) atoms. The normalized spacial score (nSPS) is 19.6. The van der Waals surface area contributed by atoms with Gasteiger partial charge in [-0.15, -0.1) is 0 Å². The zero-order valence-corrected chi connectivity index (χ0v) is 17.8. The summed E-state index contributed by atoms with van der Waals surface area (Å²) in [4.78, 5) is 0. The van der Waals surface area contributed by atoms with E-state index in [1.165, 1.54) is 22.3 Å². The molecule has 4 heteroatoms. The third kappa shape index (κ3) is 4.29. The number of rotatable bonds is 8. The molecule has 2 nitrogen and oxygen atoms in total. The molecule has 0 N–H and O–H groups in total. The van der Waals surface area contributed by atoms with Gasteiger partial charge in [-0.25, -0.2) is 0 Å². The zero-order chi connectivity index (χ0) is 17.8. The fraction of sp³-hybridized carbons (Fsp3) is 0.273. The maximum atomic E-state index is 6.37. The van der Waals surface area contributed by atoms with Crippen LogP contribution in [0.2, 0.25) is 0 Å². The third-order valence-corrected chi connectivity index (χ3v) is 8.51. The van der Waals surface area contributed by atoms with Crippen LogP contribution in [0.15, 0.2) is 60.7 Å². The molecule has 2 aromatic rings. The van der Waals surface area contributed by atoms with Crippen LogP contribution in [0.25, 0.3) is 12.2 Å². The third-order valence-electron chi connectivity index (χ3n) is 5.10. The van der Waals surface area contributed by atoms with Crippen molar-refractivity contribution in [2.75, 3.05) is 13.2 Å². The minimum absolute atomic E-state index is 0.444. The summed E-state index contributed by atoms with van der Waals surface area (Å²) in [6.07, 6.45) is 10.8. The van der Waals surface area contributed by atoms with Gasteiger partial charge in [0, 0.05) is 0 Å². The van der Waals surface area contributed by atoms with E-state index >= 15 is 0 Å². The minimum atomic E-state index is -2.65. The van der Waals surface area contributed by atoms with Crippen LogP contribution in [0.5, 0.6) is 0 Å². The predicted octanol–water partition coefficient (Wildman–Crippen LogP) is 6.02. The Morgan fingerprint density at radius 1 is 0.731 bits per heavy atom. The van der Waals surface area contributed by atoms with Crippen molar-refractivity contribution in [2.45, 2.75) is 24.7 Å². The van der Waals surface area contributed by atoms with Crippen molar-refractivity contribution in [1.82, 2.24) is 0 Å². The summed E-state index contributed by atoms with van der Waals surface area (Å²) in [7, 11) is 6.37. The monoisotopic (exact) mass is 443 g/mol. The average Bonchev–Trinajstić information content (AvgIpc) is 3.27. The second-order valence-corrected chi connectivity index (χ2v) is 11.1. The molecule has 0 spiro atoms. The van der Waals surface area contributed by atoms with Gasteiger partial charge in [0.1, 0.15) is 0 Å². The number of fused-ring (bicyclic) bond motifs is 2. The first-order valence-corrected chi connectivity index (χ1v) is 14.3. The summed E-state index contributed by atoms with van der Waals surface area (Å²) in [5.41, 5.74) is 5.43. The quantitative estimate of drug-likeness (QED) is 0.495. The molecule has 0 saturated heterocycles. The molecule has 2 unspecified atom stereocenters. The van der Waals surface area contributed by atoms with E-state index in [2.05, 4.69) is 72.8 Å². The molecule has 2 aliphatic carbocycles. The fourth-order valence-corrected chi connectivity index (χ4v) is 6.21. The Morgan fingerprint density at radius 2 is 1.19 bits per heavy atom. The zero-order valence-electron chi connectivity index (χ0n) is 14.6. The van der Waals surface area contributed by atoms with Crippen molar-refractivity contribution in [3.05, 3.63) is 82.9 Å². The van der Waals surface area contributed by atoms with Gasteiger partial charge < -0.3 is 0 Å². The SMILES string of the molecule is [Cl][Zr]([O]CCC1C=Cc2ccccc21)[O]CCC1C=Cc2ccccc21. The van der Waals surface area contributed by atoms with Crippen LogP contribution in [0, 0.1) is 0 Å². The Morgan fingerprint density at radius 3 is 1.69 bits per heavy atom. The number of hydrogen-bond acceptors (Lipinski definition) is 2. The molecule has 0 aliphatic heterocycles. The van der Waals surface area contributed by atoms with Crippen LogP contribution in [-0.2, 0) is 27.1 Å². The van der Waals surface area contributed by atoms with Crippen LogP contribution in [0.1, 0.15) is 46.9 Å². The molecule has 133 valence electrons. The predicted molar refractivity (Wildman–Crippen MR) is 103 cm³/mol. The standard InChI is InChI=1S/2C11H11O.ClH.Zr/c2*12-8-7-10-6-5-9-3-1-2-4-11(9)10;;/h2*1-6,10H,7-8H2;1H;/q2*-1;;+3/p-1. The first kappa shape index (κ1) is 18.4. The van der Waals surface area contributed by atoms with Crippen molar-refractivity contribution < 1.29 is 27.1 Å². The van der Waals surface area contributed by atoms with Crippen LogP contribution >= 0.6 is 8.51 Å². The van der Waals surface area contributed by atoms with Crippen molar-refractivity contribution in [2.24, 2.45) is 0 Å². The molecular weight excluding hydrogens is 423 g/mol. The second kappa shape index (κ2) is 8.80. The van der Waals surface area contributed by atoms with Crippen molar-refractivity contribution >= 4 is 20.7 Å². The molecular formula is C22H22ClO2Zr. The number of halogens is 1. The van der Waals surface area contributed by atoms with E-state index in [4.69, 9.17) is 14.1 Å². The summed E-state index contributed by atoms with van der Waals surface area (Å²) in [6, 6.07) is 17.1. The van der Waals surface area contributed by atoms with Gasteiger partial charge in [0.25, 0.3) is 0 Å². The van der Waals surface area contributed by atoms with E-state index in [-0.39, 0.29) is 0 Å². The van der Waals surface area contributed by atoms with Gasteiger partial charge in [0.2, 0.25) is 0 Å². The molecule has 2 aromatic carbocycles.